The molecule has 3 aromatic rings. The van der Waals surface area contributed by atoms with E-state index in [4.69, 9.17) is 4.98 Å². The molecule has 1 N–H and O–H groups in total. The van der Waals surface area contributed by atoms with E-state index in [-0.39, 0.29) is 11.9 Å². The number of fused-ring (bicyclic) bond motifs is 1. The Labute approximate surface area is 159 Å². The maximum atomic E-state index is 12.9. The lowest BCUT2D eigenvalue weighted by Gasteiger charge is -2.15. The minimum absolute atomic E-state index is 0.00982. The van der Waals surface area contributed by atoms with Crippen molar-refractivity contribution in [2.45, 2.75) is 52.0 Å². The second-order valence-corrected chi connectivity index (χ2v) is 7.72. The number of pyridine rings is 1. The summed E-state index contributed by atoms with van der Waals surface area (Å²) in [6, 6.07) is 14.0. The Kier molecular flexibility index (Phi) is 6.40. The zero-order chi connectivity index (χ0) is 18.4. The number of nitrogens with zero attached hydrogens (tertiary/aromatic N) is 1. The molecule has 0 saturated heterocycles. The topological polar surface area (TPSA) is 42.0 Å². The van der Waals surface area contributed by atoms with E-state index in [1.165, 1.54) is 19.3 Å². The number of rotatable bonds is 8. The van der Waals surface area contributed by atoms with E-state index in [1.54, 1.807) is 11.3 Å². The third kappa shape index (κ3) is 4.50. The number of carbonyl (C=O) groups is 1. The predicted octanol–water partition coefficient (Wildman–Crippen LogP) is 6.05. The van der Waals surface area contributed by atoms with Crippen molar-refractivity contribution < 1.29 is 4.79 Å². The first kappa shape index (κ1) is 18.6. The second-order valence-electron chi connectivity index (χ2n) is 6.77. The van der Waals surface area contributed by atoms with Crippen LogP contribution in [0.15, 0.2) is 47.8 Å². The number of aromatic nitrogens is 1. The molecular formula is C22H26N2OS. The third-order valence-corrected chi connectivity index (χ3v) is 5.49. The molecule has 0 spiro atoms. The smallest absolute Gasteiger partial charge is 0.252 e. The number of para-hydroxylation sites is 1. The van der Waals surface area contributed by atoms with E-state index in [9.17, 15) is 4.79 Å². The van der Waals surface area contributed by atoms with Crippen LogP contribution in [0.2, 0.25) is 0 Å². The SMILES string of the molecule is CCCCCCC(C)NC(=O)c1cc(-c2cccs2)nc2ccccc12. The van der Waals surface area contributed by atoms with E-state index in [0.29, 0.717) is 5.56 Å². The molecule has 0 aliphatic heterocycles. The zero-order valence-corrected chi connectivity index (χ0v) is 16.3. The Morgan fingerprint density at radius 3 is 2.77 bits per heavy atom. The summed E-state index contributed by atoms with van der Waals surface area (Å²) in [5, 5.41) is 6.11. The maximum absolute atomic E-state index is 12.9. The van der Waals surface area contributed by atoms with Crippen molar-refractivity contribution in [3.63, 3.8) is 0 Å². The first-order valence-corrected chi connectivity index (χ1v) is 10.3. The van der Waals surface area contributed by atoms with Crippen LogP contribution in [-0.4, -0.2) is 16.9 Å². The lowest BCUT2D eigenvalue weighted by Crippen LogP contribution is -2.32. The van der Waals surface area contributed by atoms with Gasteiger partial charge in [-0.1, -0.05) is 56.9 Å². The van der Waals surface area contributed by atoms with Gasteiger partial charge < -0.3 is 5.32 Å². The first-order chi connectivity index (χ1) is 12.7. The van der Waals surface area contributed by atoms with E-state index in [1.807, 2.05) is 47.8 Å². The van der Waals surface area contributed by atoms with Crippen molar-refractivity contribution in [3.05, 3.63) is 53.4 Å². The summed E-state index contributed by atoms with van der Waals surface area (Å²) < 4.78 is 0. The van der Waals surface area contributed by atoms with E-state index >= 15 is 0 Å². The number of thiophene rings is 1. The standard InChI is InChI=1S/C22H26N2OS/c1-3-4-5-6-10-16(2)23-22(25)18-15-20(21-13-9-14-26-21)24-19-12-8-7-11-17(18)19/h7-9,11-16H,3-6,10H2,1-2H3,(H,23,25). The Morgan fingerprint density at radius 1 is 1.15 bits per heavy atom. The molecule has 0 aliphatic carbocycles. The molecule has 0 aliphatic rings. The van der Waals surface area contributed by atoms with E-state index in [0.717, 1.165) is 34.3 Å². The summed E-state index contributed by atoms with van der Waals surface area (Å²) in [5.41, 5.74) is 2.43. The van der Waals surface area contributed by atoms with Gasteiger partial charge in [-0.25, -0.2) is 4.98 Å². The summed E-state index contributed by atoms with van der Waals surface area (Å²) in [4.78, 5) is 18.8. The fraction of sp³-hybridized carbons (Fsp3) is 0.364. The van der Waals surface area contributed by atoms with Gasteiger partial charge in [0, 0.05) is 11.4 Å². The molecule has 26 heavy (non-hydrogen) atoms. The van der Waals surface area contributed by atoms with Crippen LogP contribution in [0.25, 0.3) is 21.5 Å². The van der Waals surface area contributed by atoms with Gasteiger partial charge in [-0.2, -0.15) is 0 Å². The molecule has 3 rings (SSSR count). The number of carbonyl (C=O) groups excluding carboxylic acids is 1. The molecule has 0 radical (unpaired) electrons. The van der Waals surface area contributed by atoms with Crippen molar-refractivity contribution in [1.29, 1.82) is 0 Å². The molecule has 3 nitrogen and oxygen atoms in total. The van der Waals surface area contributed by atoms with Gasteiger partial charge in [0.25, 0.3) is 5.91 Å². The normalized spacial score (nSPS) is 12.2. The average molecular weight is 367 g/mol. The predicted molar refractivity (Wildman–Crippen MR) is 111 cm³/mol. The number of benzene rings is 1. The number of unbranched alkanes of at least 4 members (excludes halogenated alkanes) is 3. The molecule has 1 unspecified atom stereocenters. The van der Waals surface area contributed by atoms with Gasteiger partial charge in [-0.3, -0.25) is 4.79 Å². The Balaban J connectivity index is 1.82. The summed E-state index contributed by atoms with van der Waals surface area (Å²) in [5.74, 6) is -0.00982. The van der Waals surface area contributed by atoms with Crippen LogP contribution >= 0.6 is 11.3 Å². The molecule has 0 saturated carbocycles. The number of nitrogens with one attached hydrogen (secondary N) is 1. The van der Waals surface area contributed by atoms with Crippen LogP contribution in [0.5, 0.6) is 0 Å². The van der Waals surface area contributed by atoms with Gasteiger partial charge in [0.15, 0.2) is 0 Å². The fourth-order valence-electron chi connectivity index (χ4n) is 3.16. The van der Waals surface area contributed by atoms with Crippen molar-refractivity contribution in [3.8, 4) is 10.6 Å². The number of hydrogen-bond acceptors (Lipinski definition) is 3. The maximum Gasteiger partial charge on any atom is 0.252 e. The van der Waals surface area contributed by atoms with Crippen molar-refractivity contribution >= 4 is 28.1 Å². The lowest BCUT2D eigenvalue weighted by molar-refractivity contribution is 0.0939. The van der Waals surface area contributed by atoms with Gasteiger partial charge in [0.1, 0.15) is 0 Å². The van der Waals surface area contributed by atoms with E-state index in [2.05, 4.69) is 19.2 Å². The van der Waals surface area contributed by atoms with Crippen LogP contribution in [0.4, 0.5) is 0 Å². The first-order valence-electron chi connectivity index (χ1n) is 9.43. The minimum atomic E-state index is -0.00982. The molecule has 1 amide bonds. The Hall–Kier alpha value is -2.20. The summed E-state index contributed by atoms with van der Waals surface area (Å²) in [6.45, 7) is 4.30. The fourth-order valence-corrected chi connectivity index (χ4v) is 3.85. The molecule has 1 aromatic carbocycles. The Bertz CT molecular complexity index is 858. The van der Waals surface area contributed by atoms with Crippen LogP contribution < -0.4 is 5.32 Å². The van der Waals surface area contributed by atoms with Gasteiger partial charge in [0.05, 0.1) is 21.7 Å². The number of hydrogen-bond donors (Lipinski definition) is 1. The van der Waals surface area contributed by atoms with E-state index < -0.39 is 0 Å². The molecule has 136 valence electrons. The number of amides is 1. The van der Waals surface area contributed by atoms with Crippen LogP contribution in [-0.2, 0) is 0 Å². The molecule has 2 aromatic heterocycles. The molecule has 4 heteroatoms. The molecule has 0 bridgehead atoms. The van der Waals surface area contributed by atoms with Crippen molar-refractivity contribution in [2.24, 2.45) is 0 Å². The Morgan fingerprint density at radius 2 is 2.00 bits per heavy atom. The van der Waals surface area contributed by atoms with Gasteiger partial charge >= 0.3 is 0 Å². The minimum Gasteiger partial charge on any atom is -0.350 e. The van der Waals surface area contributed by atoms with Crippen molar-refractivity contribution in [1.82, 2.24) is 10.3 Å². The summed E-state index contributed by atoms with van der Waals surface area (Å²) >= 11 is 1.64. The summed E-state index contributed by atoms with van der Waals surface area (Å²) in [7, 11) is 0. The van der Waals surface area contributed by atoms with Crippen LogP contribution in [0, 0.1) is 0 Å². The highest BCUT2D eigenvalue weighted by molar-refractivity contribution is 7.13. The molecule has 1 atom stereocenters. The molecule has 2 heterocycles. The third-order valence-electron chi connectivity index (χ3n) is 4.60. The van der Waals surface area contributed by atoms with Crippen molar-refractivity contribution in [2.75, 3.05) is 0 Å². The quantitative estimate of drug-likeness (QED) is 0.493. The monoisotopic (exact) mass is 366 g/mol. The molecular weight excluding hydrogens is 340 g/mol. The summed E-state index contributed by atoms with van der Waals surface area (Å²) in [6.07, 6.45) is 5.91. The van der Waals surface area contributed by atoms with Gasteiger partial charge in [-0.05, 0) is 36.9 Å². The highest BCUT2D eigenvalue weighted by Gasteiger charge is 2.16. The molecule has 0 fully saturated rings. The highest BCUT2D eigenvalue weighted by Crippen LogP contribution is 2.28. The zero-order valence-electron chi connectivity index (χ0n) is 15.5. The van der Waals surface area contributed by atoms with Gasteiger partial charge in [-0.15, -0.1) is 11.3 Å². The van der Waals surface area contributed by atoms with Crippen LogP contribution in [0.1, 0.15) is 56.3 Å². The largest absolute Gasteiger partial charge is 0.350 e. The van der Waals surface area contributed by atoms with Gasteiger partial charge in [0.2, 0.25) is 0 Å². The van der Waals surface area contributed by atoms with Crippen LogP contribution in [0.3, 0.4) is 0 Å². The average Bonchev–Trinajstić information content (AvgIpc) is 3.19. The lowest BCUT2D eigenvalue weighted by atomic mass is 10.0. The highest BCUT2D eigenvalue weighted by atomic mass is 32.1. The second kappa shape index (κ2) is 8.95.